The molecule has 33 heavy (non-hydrogen) atoms. The number of anilines is 1. The Kier molecular flexibility index (Phi) is 6.15. The number of imide groups is 1. The number of nitro groups is 1. The van der Waals surface area contributed by atoms with Crippen LogP contribution in [0.2, 0.25) is 0 Å². The van der Waals surface area contributed by atoms with Crippen molar-refractivity contribution in [1.82, 2.24) is 10.4 Å². The first-order valence-corrected chi connectivity index (χ1v) is 9.29. The Labute approximate surface area is 183 Å². The minimum absolute atomic E-state index is 0.0710. The quantitative estimate of drug-likeness (QED) is 0.420. The van der Waals surface area contributed by atoms with Crippen LogP contribution >= 0.6 is 0 Å². The second-order valence-electron chi connectivity index (χ2n) is 6.97. The van der Waals surface area contributed by atoms with E-state index in [4.69, 9.17) is 0 Å². The maximum Gasteiger partial charge on any atom is 0.416 e. The topological polar surface area (TPSA) is 130 Å². The number of nitro benzene ring substituents is 1. The first-order valence-electron chi connectivity index (χ1n) is 9.29. The normalized spacial score (nSPS) is 16.0. The van der Waals surface area contributed by atoms with E-state index in [1.807, 2.05) is 0 Å². The SMILES string of the molecule is CC(=O)N(NC(=O)c1ccc([N+](=O)[O-])cc1)C1CC(=O)N(c2cccc(C(F)(F)F)c2)C1=O. The van der Waals surface area contributed by atoms with Gasteiger partial charge in [-0.05, 0) is 30.3 Å². The molecular formula is C20H15F3N4O6. The lowest BCUT2D eigenvalue weighted by atomic mass is 10.2. The number of carbonyl (C=O) groups excluding carboxylic acids is 4. The molecule has 1 saturated heterocycles. The Morgan fingerprint density at radius 3 is 2.33 bits per heavy atom. The van der Waals surface area contributed by atoms with E-state index in [2.05, 4.69) is 5.43 Å². The third-order valence-electron chi connectivity index (χ3n) is 4.77. The Balaban J connectivity index is 1.84. The van der Waals surface area contributed by atoms with Crippen molar-refractivity contribution in [3.05, 3.63) is 69.8 Å². The number of benzene rings is 2. The predicted molar refractivity (Wildman–Crippen MR) is 105 cm³/mol. The van der Waals surface area contributed by atoms with Crippen molar-refractivity contribution in [2.45, 2.75) is 25.6 Å². The van der Waals surface area contributed by atoms with Gasteiger partial charge in [-0.3, -0.25) is 34.7 Å². The third kappa shape index (κ3) is 4.81. The molecule has 0 aliphatic carbocycles. The summed E-state index contributed by atoms with van der Waals surface area (Å²) in [5, 5.41) is 11.3. The summed E-state index contributed by atoms with van der Waals surface area (Å²) in [6, 6.07) is 6.46. The highest BCUT2D eigenvalue weighted by Crippen LogP contribution is 2.33. The molecule has 0 saturated carbocycles. The zero-order valence-corrected chi connectivity index (χ0v) is 16.8. The molecule has 0 aromatic heterocycles. The average molecular weight is 464 g/mol. The second kappa shape index (κ2) is 8.68. The molecule has 1 N–H and O–H groups in total. The predicted octanol–water partition coefficient (Wildman–Crippen LogP) is 2.44. The van der Waals surface area contributed by atoms with Crippen LogP contribution in [0.1, 0.15) is 29.3 Å². The molecule has 13 heteroatoms. The first kappa shape index (κ1) is 23.4. The molecule has 172 valence electrons. The largest absolute Gasteiger partial charge is 0.416 e. The van der Waals surface area contributed by atoms with Crippen LogP contribution in [0.4, 0.5) is 24.5 Å². The molecule has 1 heterocycles. The monoisotopic (exact) mass is 464 g/mol. The molecule has 1 unspecified atom stereocenters. The summed E-state index contributed by atoms with van der Waals surface area (Å²) in [6.07, 6.45) is -5.28. The summed E-state index contributed by atoms with van der Waals surface area (Å²) >= 11 is 0. The van der Waals surface area contributed by atoms with Gasteiger partial charge in [-0.1, -0.05) is 6.07 Å². The summed E-state index contributed by atoms with van der Waals surface area (Å²) in [5.41, 5.74) is 0.435. The number of non-ortho nitro benzene ring substituents is 1. The van der Waals surface area contributed by atoms with Gasteiger partial charge in [0, 0.05) is 24.6 Å². The van der Waals surface area contributed by atoms with Gasteiger partial charge >= 0.3 is 6.18 Å². The molecule has 1 aliphatic rings. The number of halogens is 3. The van der Waals surface area contributed by atoms with Crippen molar-refractivity contribution in [2.75, 3.05) is 4.90 Å². The van der Waals surface area contributed by atoms with Crippen LogP contribution in [0.15, 0.2) is 48.5 Å². The van der Waals surface area contributed by atoms with Gasteiger partial charge in [-0.25, -0.2) is 9.91 Å². The molecule has 2 aromatic carbocycles. The molecule has 0 spiro atoms. The Morgan fingerprint density at radius 2 is 1.79 bits per heavy atom. The Morgan fingerprint density at radius 1 is 1.15 bits per heavy atom. The zero-order chi connectivity index (χ0) is 24.5. The summed E-state index contributed by atoms with van der Waals surface area (Å²) < 4.78 is 39.0. The van der Waals surface area contributed by atoms with Gasteiger partial charge in [0.2, 0.25) is 11.8 Å². The Bertz CT molecular complexity index is 1150. The molecular weight excluding hydrogens is 449 g/mol. The highest BCUT2D eigenvalue weighted by molar-refractivity contribution is 6.23. The summed E-state index contributed by atoms with van der Waals surface area (Å²) in [5.74, 6) is -3.57. The molecule has 1 atom stereocenters. The lowest BCUT2D eigenvalue weighted by Gasteiger charge is -2.26. The zero-order valence-electron chi connectivity index (χ0n) is 16.8. The van der Waals surface area contributed by atoms with Gasteiger partial charge in [-0.15, -0.1) is 0 Å². The van der Waals surface area contributed by atoms with E-state index in [1.165, 1.54) is 0 Å². The van der Waals surface area contributed by atoms with Crippen LogP contribution in [0.5, 0.6) is 0 Å². The van der Waals surface area contributed by atoms with Gasteiger partial charge in [-0.2, -0.15) is 13.2 Å². The number of rotatable bonds is 4. The number of nitrogens with one attached hydrogen (secondary N) is 1. The maximum absolute atomic E-state index is 13.0. The van der Waals surface area contributed by atoms with Crippen LogP contribution in [-0.2, 0) is 20.6 Å². The molecule has 1 aliphatic heterocycles. The lowest BCUT2D eigenvalue weighted by molar-refractivity contribution is -0.384. The molecule has 10 nitrogen and oxygen atoms in total. The fraction of sp³-hybridized carbons (Fsp3) is 0.200. The fourth-order valence-corrected chi connectivity index (χ4v) is 3.19. The number of hydrazine groups is 1. The van der Waals surface area contributed by atoms with Crippen LogP contribution in [0, 0.1) is 10.1 Å². The summed E-state index contributed by atoms with van der Waals surface area (Å²) in [6.45, 7) is 1.01. The number of carbonyl (C=O) groups is 4. The van der Waals surface area contributed by atoms with Crippen molar-refractivity contribution in [3.63, 3.8) is 0 Å². The smallest absolute Gasteiger partial charge is 0.274 e. The molecule has 3 rings (SSSR count). The van der Waals surface area contributed by atoms with Gasteiger partial charge in [0.25, 0.3) is 17.5 Å². The number of alkyl halides is 3. The number of hydrogen-bond acceptors (Lipinski definition) is 6. The van der Waals surface area contributed by atoms with Crippen LogP contribution in [0.3, 0.4) is 0 Å². The standard InChI is InChI=1S/C20H15F3N4O6/c1-11(28)26(24-18(30)12-5-7-14(8-6-12)27(32)33)16-10-17(29)25(19(16)31)15-4-2-3-13(9-15)20(21,22)23/h2-9,16H,10H2,1H3,(H,24,30). The minimum Gasteiger partial charge on any atom is -0.274 e. The van der Waals surface area contributed by atoms with E-state index in [9.17, 15) is 42.5 Å². The fourth-order valence-electron chi connectivity index (χ4n) is 3.19. The summed E-state index contributed by atoms with van der Waals surface area (Å²) in [7, 11) is 0. The molecule has 2 aromatic rings. The highest BCUT2D eigenvalue weighted by Gasteiger charge is 2.45. The molecule has 4 amide bonds. The van der Waals surface area contributed by atoms with Crippen molar-refractivity contribution in [2.24, 2.45) is 0 Å². The highest BCUT2D eigenvalue weighted by atomic mass is 19.4. The van der Waals surface area contributed by atoms with Gasteiger partial charge < -0.3 is 0 Å². The van der Waals surface area contributed by atoms with Crippen LogP contribution in [-0.4, -0.2) is 39.6 Å². The van der Waals surface area contributed by atoms with E-state index in [-0.39, 0.29) is 16.9 Å². The average Bonchev–Trinajstić information content (AvgIpc) is 3.04. The molecule has 1 fully saturated rings. The number of amides is 4. The van der Waals surface area contributed by atoms with Crippen molar-refractivity contribution < 1.29 is 37.3 Å². The van der Waals surface area contributed by atoms with Crippen molar-refractivity contribution in [1.29, 1.82) is 0 Å². The van der Waals surface area contributed by atoms with Gasteiger partial charge in [0.05, 0.1) is 22.6 Å². The Hall–Kier alpha value is -4.29. The van der Waals surface area contributed by atoms with Gasteiger partial charge in [0.1, 0.15) is 6.04 Å². The maximum atomic E-state index is 13.0. The first-order chi connectivity index (χ1) is 15.4. The number of hydrogen-bond donors (Lipinski definition) is 1. The minimum atomic E-state index is -4.70. The second-order valence-corrected chi connectivity index (χ2v) is 6.97. The number of nitrogens with zero attached hydrogens (tertiary/aromatic N) is 3. The third-order valence-corrected chi connectivity index (χ3v) is 4.77. The van der Waals surface area contributed by atoms with Crippen LogP contribution in [0.25, 0.3) is 0 Å². The van der Waals surface area contributed by atoms with Crippen molar-refractivity contribution in [3.8, 4) is 0 Å². The van der Waals surface area contributed by atoms with E-state index >= 15 is 0 Å². The van der Waals surface area contributed by atoms with E-state index in [0.29, 0.717) is 16.0 Å². The summed E-state index contributed by atoms with van der Waals surface area (Å²) in [4.78, 5) is 60.5. The van der Waals surface area contributed by atoms with Gasteiger partial charge in [0.15, 0.2) is 0 Å². The molecule has 0 radical (unpaired) electrons. The lowest BCUT2D eigenvalue weighted by Crippen LogP contribution is -2.54. The van der Waals surface area contributed by atoms with Crippen LogP contribution < -0.4 is 10.3 Å². The molecule has 0 bridgehead atoms. The van der Waals surface area contributed by atoms with Crippen molar-refractivity contribution >= 4 is 35.0 Å². The van der Waals surface area contributed by atoms with E-state index in [1.54, 1.807) is 0 Å². The van der Waals surface area contributed by atoms with E-state index in [0.717, 1.165) is 49.4 Å². The van der Waals surface area contributed by atoms with E-state index < -0.39 is 52.8 Å².